The first-order valence-electron chi connectivity index (χ1n) is 5.44. The first-order chi connectivity index (χ1) is 8.56. The second-order valence-corrected chi connectivity index (χ2v) is 4.77. The van der Waals surface area contributed by atoms with Crippen LogP contribution >= 0.6 is 15.9 Å². The van der Waals surface area contributed by atoms with Crippen LogP contribution < -0.4 is 0 Å². The summed E-state index contributed by atoms with van der Waals surface area (Å²) in [6, 6.07) is 10.3. The third-order valence-electron chi connectivity index (χ3n) is 2.54. The molecule has 2 aromatic rings. The van der Waals surface area contributed by atoms with Crippen molar-refractivity contribution in [2.24, 2.45) is 0 Å². The van der Waals surface area contributed by atoms with E-state index in [9.17, 15) is 9.59 Å². The van der Waals surface area contributed by atoms with Gasteiger partial charge in [0.2, 0.25) is 5.78 Å². The highest BCUT2D eigenvalue weighted by atomic mass is 79.9. The van der Waals surface area contributed by atoms with Crippen LogP contribution in [0.3, 0.4) is 0 Å². The van der Waals surface area contributed by atoms with Gasteiger partial charge in [-0.25, -0.2) is 0 Å². The van der Waals surface area contributed by atoms with Crippen molar-refractivity contribution in [2.45, 2.75) is 13.3 Å². The van der Waals surface area contributed by atoms with Crippen molar-refractivity contribution in [3.05, 3.63) is 58.0 Å². The predicted octanol–water partition coefficient (Wildman–Crippen LogP) is 3.81. The van der Waals surface area contributed by atoms with Crippen molar-refractivity contribution < 1.29 is 14.0 Å². The molecule has 0 unspecified atom stereocenters. The van der Waals surface area contributed by atoms with Crippen LogP contribution in [0.1, 0.15) is 32.9 Å². The van der Waals surface area contributed by atoms with E-state index < -0.39 is 0 Å². The Morgan fingerprint density at radius 3 is 2.28 bits per heavy atom. The molecule has 0 amide bonds. The van der Waals surface area contributed by atoms with Crippen molar-refractivity contribution in [2.75, 3.05) is 0 Å². The van der Waals surface area contributed by atoms with Gasteiger partial charge in [-0.3, -0.25) is 9.59 Å². The quantitative estimate of drug-likeness (QED) is 0.637. The molecule has 92 valence electrons. The fourth-order valence-corrected chi connectivity index (χ4v) is 1.85. The second kappa shape index (κ2) is 5.31. The van der Waals surface area contributed by atoms with Gasteiger partial charge in [-0.15, -0.1) is 0 Å². The van der Waals surface area contributed by atoms with E-state index >= 15 is 0 Å². The lowest BCUT2D eigenvalue weighted by Crippen LogP contribution is -2.07. The summed E-state index contributed by atoms with van der Waals surface area (Å²) in [4.78, 5) is 23.6. The van der Waals surface area contributed by atoms with E-state index in [0.29, 0.717) is 10.2 Å². The average Bonchev–Trinajstić information content (AvgIpc) is 2.76. The molecule has 0 aliphatic rings. The number of halogens is 1. The Morgan fingerprint density at radius 1 is 1.06 bits per heavy atom. The fraction of sp³-hybridized carbons (Fsp3) is 0.143. The van der Waals surface area contributed by atoms with Gasteiger partial charge in [-0.1, -0.05) is 29.8 Å². The summed E-state index contributed by atoms with van der Waals surface area (Å²) in [5.41, 5.74) is 1.62. The van der Waals surface area contributed by atoms with Crippen LogP contribution in [-0.4, -0.2) is 11.6 Å². The molecule has 0 aliphatic carbocycles. The molecular formula is C14H11BrO3. The van der Waals surface area contributed by atoms with Gasteiger partial charge in [0.05, 0.1) is 6.42 Å². The Labute approximate surface area is 113 Å². The zero-order chi connectivity index (χ0) is 13.1. The molecular weight excluding hydrogens is 296 g/mol. The maximum Gasteiger partial charge on any atom is 0.205 e. The summed E-state index contributed by atoms with van der Waals surface area (Å²) in [5, 5.41) is 0. The van der Waals surface area contributed by atoms with Gasteiger partial charge in [0.1, 0.15) is 0 Å². The number of benzene rings is 1. The molecule has 1 aromatic carbocycles. The predicted molar refractivity (Wildman–Crippen MR) is 70.9 cm³/mol. The number of carbonyl (C=O) groups is 2. The Morgan fingerprint density at radius 2 is 1.72 bits per heavy atom. The SMILES string of the molecule is Cc1ccc(C(=O)CC(=O)c2ccc(Br)o2)cc1. The number of rotatable bonds is 4. The largest absolute Gasteiger partial charge is 0.446 e. The second-order valence-electron chi connectivity index (χ2n) is 3.99. The summed E-state index contributed by atoms with van der Waals surface area (Å²) >= 11 is 3.12. The maximum absolute atomic E-state index is 11.9. The lowest BCUT2D eigenvalue weighted by Gasteiger charge is -2.00. The highest BCUT2D eigenvalue weighted by molar-refractivity contribution is 9.10. The molecule has 3 nitrogen and oxygen atoms in total. The number of furan rings is 1. The van der Waals surface area contributed by atoms with Crippen LogP contribution in [0.2, 0.25) is 0 Å². The van der Waals surface area contributed by atoms with Crippen LogP contribution in [0.25, 0.3) is 0 Å². The monoisotopic (exact) mass is 306 g/mol. The molecule has 0 bridgehead atoms. The number of aryl methyl sites for hydroxylation is 1. The van der Waals surface area contributed by atoms with Crippen LogP contribution in [0.4, 0.5) is 0 Å². The van der Waals surface area contributed by atoms with E-state index in [1.807, 2.05) is 19.1 Å². The van der Waals surface area contributed by atoms with Crippen molar-refractivity contribution in [3.63, 3.8) is 0 Å². The Balaban J connectivity index is 2.08. The smallest absolute Gasteiger partial charge is 0.205 e. The molecule has 2 rings (SSSR count). The third-order valence-corrected chi connectivity index (χ3v) is 2.97. The van der Waals surface area contributed by atoms with Gasteiger partial charge in [-0.2, -0.15) is 0 Å². The van der Waals surface area contributed by atoms with Crippen LogP contribution in [-0.2, 0) is 0 Å². The molecule has 0 N–H and O–H groups in total. The first-order valence-corrected chi connectivity index (χ1v) is 6.24. The summed E-state index contributed by atoms with van der Waals surface area (Å²) in [7, 11) is 0. The molecule has 1 heterocycles. The standard InChI is InChI=1S/C14H11BrO3/c1-9-2-4-10(5-3-9)11(16)8-12(17)13-6-7-14(15)18-13/h2-7H,8H2,1H3. The zero-order valence-electron chi connectivity index (χ0n) is 9.77. The van der Waals surface area contributed by atoms with E-state index in [1.54, 1.807) is 24.3 Å². The lowest BCUT2D eigenvalue weighted by atomic mass is 10.0. The van der Waals surface area contributed by atoms with E-state index in [0.717, 1.165) is 5.56 Å². The Hall–Kier alpha value is -1.68. The highest BCUT2D eigenvalue weighted by Gasteiger charge is 2.16. The maximum atomic E-state index is 11.9. The molecule has 18 heavy (non-hydrogen) atoms. The van der Waals surface area contributed by atoms with Crippen molar-refractivity contribution in [3.8, 4) is 0 Å². The lowest BCUT2D eigenvalue weighted by molar-refractivity contribution is 0.0877. The van der Waals surface area contributed by atoms with Crippen molar-refractivity contribution in [1.82, 2.24) is 0 Å². The minimum Gasteiger partial charge on any atom is -0.446 e. The van der Waals surface area contributed by atoms with Gasteiger partial charge in [-0.05, 0) is 35.0 Å². The molecule has 0 aliphatic heterocycles. The zero-order valence-corrected chi connectivity index (χ0v) is 11.4. The van der Waals surface area contributed by atoms with Crippen LogP contribution in [0.15, 0.2) is 45.5 Å². The number of Topliss-reactive ketones (excluding diaryl/α,β-unsaturated/α-hetero) is 2. The molecule has 0 saturated carbocycles. The average molecular weight is 307 g/mol. The van der Waals surface area contributed by atoms with Crippen molar-refractivity contribution >= 4 is 27.5 Å². The van der Waals surface area contributed by atoms with E-state index in [-0.39, 0.29) is 23.7 Å². The van der Waals surface area contributed by atoms with Gasteiger partial charge >= 0.3 is 0 Å². The van der Waals surface area contributed by atoms with E-state index in [2.05, 4.69) is 15.9 Å². The van der Waals surface area contributed by atoms with Gasteiger partial charge in [0, 0.05) is 5.56 Å². The first kappa shape index (κ1) is 12.8. The number of carbonyl (C=O) groups excluding carboxylic acids is 2. The van der Waals surface area contributed by atoms with Gasteiger partial charge in [0.15, 0.2) is 16.2 Å². The summed E-state index contributed by atoms with van der Waals surface area (Å²) < 4.78 is 5.60. The fourth-order valence-electron chi connectivity index (χ4n) is 1.54. The normalized spacial score (nSPS) is 10.3. The minimum atomic E-state index is -0.314. The minimum absolute atomic E-state index is 0.178. The Bertz CT molecular complexity index is 581. The molecule has 0 spiro atoms. The molecule has 4 heteroatoms. The highest BCUT2D eigenvalue weighted by Crippen LogP contribution is 2.16. The number of hydrogen-bond acceptors (Lipinski definition) is 3. The number of hydrogen-bond donors (Lipinski definition) is 0. The molecule has 0 atom stereocenters. The van der Waals surface area contributed by atoms with Gasteiger partial charge in [0.25, 0.3) is 0 Å². The number of ketones is 2. The van der Waals surface area contributed by atoms with Crippen molar-refractivity contribution in [1.29, 1.82) is 0 Å². The third kappa shape index (κ3) is 2.96. The van der Waals surface area contributed by atoms with E-state index in [1.165, 1.54) is 0 Å². The van der Waals surface area contributed by atoms with E-state index in [4.69, 9.17) is 4.42 Å². The Kier molecular flexibility index (Phi) is 3.77. The molecule has 0 radical (unpaired) electrons. The summed E-state index contributed by atoms with van der Waals surface area (Å²) in [6.45, 7) is 1.94. The topological polar surface area (TPSA) is 47.3 Å². The van der Waals surface area contributed by atoms with Crippen LogP contribution in [0.5, 0.6) is 0 Å². The summed E-state index contributed by atoms with van der Waals surface area (Å²) in [6.07, 6.45) is -0.178. The molecule has 0 fully saturated rings. The molecule has 1 aromatic heterocycles. The van der Waals surface area contributed by atoms with Crippen LogP contribution in [0, 0.1) is 6.92 Å². The van der Waals surface area contributed by atoms with Gasteiger partial charge < -0.3 is 4.42 Å². The summed E-state index contributed by atoms with van der Waals surface area (Å²) in [5.74, 6) is -0.318. The molecule has 0 saturated heterocycles.